The fourth-order valence-electron chi connectivity index (χ4n) is 1.31. The Kier molecular flexibility index (Phi) is 3.59. The number of rotatable bonds is 3. The summed E-state index contributed by atoms with van der Waals surface area (Å²) < 4.78 is 0. The third-order valence-electron chi connectivity index (χ3n) is 2.10. The molecular weight excluding hydrogens is 236 g/mol. The van der Waals surface area contributed by atoms with E-state index in [9.17, 15) is 4.79 Å². The van der Waals surface area contributed by atoms with E-state index in [2.05, 4.69) is 12.6 Å². The maximum Gasteiger partial charge on any atom is 0.186 e. The molecule has 2 aromatic rings. The molecule has 1 heterocycles. The van der Waals surface area contributed by atoms with Crippen LogP contribution in [0.5, 0.6) is 0 Å². The van der Waals surface area contributed by atoms with Crippen LogP contribution in [0.25, 0.3) is 4.91 Å². The Hall–Kier alpha value is -1.32. The lowest BCUT2D eigenvalue weighted by Gasteiger charge is -1.97. The van der Waals surface area contributed by atoms with E-state index < -0.39 is 0 Å². The minimum Gasteiger partial charge on any atom is -0.289 e. The summed E-state index contributed by atoms with van der Waals surface area (Å²) in [5.74, 6) is -0.0148. The van der Waals surface area contributed by atoms with Crippen molar-refractivity contribution >= 4 is 34.7 Å². The van der Waals surface area contributed by atoms with E-state index in [1.165, 1.54) is 0 Å². The summed E-state index contributed by atoms with van der Waals surface area (Å²) in [5.41, 5.74) is 0.686. The quantitative estimate of drug-likeness (QED) is 0.494. The summed E-state index contributed by atoms with van der Waals surface area (Å²) >= 11 is 5.90. The number of thiol groups is 1. The third kappa shape index (κ3) is 2.62. The van der Waals surface area contributed by atoms with Gasteiger partial charge in [0.05, 0.1) is 0 Å². The molecule has 0 saturated carbocycles. The van der Waals surface area contributed by atoms with Crippen molar-refractivity contribution in [3.8, 4) is 0 Å². The molecule has 1 aromatic carbocycles. The maximum atomic E-state index is 11.8. The monoisotopic (exact) mass is 246 g/mol. The van der Waals surface area contributed by atoms with Gasteiger partial charge in [-0.25, -0.2) is 0 Å². The summed E-state index contributed by atoms with van der Waals surface area (Å²) in [5, 5.41) is 1.96. The van der Waals surface area contributed by atoms with Crippen LogP contribution in [0.2, 0.25) is 0 Å². The predicted molar refractivity (Wildman–Crippen MR) is 72.1 cm³/mol. The molecule has 0 N–H and O–H groups in total. The standard InChI is InChI=1S/C13H10OS2/c14-11(10-5-2-1-3-6-10)9-12(15)13-7-4-8-16-13/h1-9,15H/b12-9-. The Bertz CT molecular complexity index is 498. The second-order valence-corrected chi connectivity index (χ2v) is 4.67. The van der Waals surface area contributed by atoms with Crippen molar-refractivity contribution < 1.29 is 4.79 Å². The van der Waals surface area contributed by atoms with E-state index in [-0.39, 0.29) is 5.78 Å². The number of thiophene rings is 1. The van der Waals surface area contributed by atoms with E-state index in [1.807, 2.05) is 35.7 Å². The normalized spacial score (nSPS) is 11.4. The first-order valence-electron chi connectivity index (χ1n) is 4.81. The minimum atomic E-state index is -0.0148. The molecule has 0 bridgehead atoms. The molecule has 0 spiro atoms. The molecule has 0 atom stereocenters. The summed E-state index contributed by atoms with van der Waals surface area (Å²) in [6.45, 7) is 0. The highest BCUT2D eigenvalue weighted by molar-refractivity contribution is 7.90. The molecule has 2 rings (SSSR count). The molecule has 3 heteroatoms. The second kappa shape index (κ2) is 5.14. The first-order chi connectivity index (χ1) is 7.77. The second-order valence-electron chi connectivity index (χ2n) is 3.24. The van der Waals surface area contributed by atoms with E-state index in [1.54, 1.807) is 29.5 Å². The molecule has 1 nitrogen and oxygen atoms in total. The van der Waals surface area contributed by atoms with Crippen molar-refractivity contribution in [1.29, 1.82) is 0 Å². The van der Waals surface area contributed by atoms with Crippen LogP contribution in [0.1, 0.15) is 15.2 Å². The molecule has 0 saturated heterocycles. The van der Waals surface area contributed by atoms with Gasteiger partial charge in [0.25, 0.3) is 0 Å². The number of hydrogen-bond acceptors (Lipinski definition) is 3. The summed E-state index contributed by atoms with van der Waals surface area (Å²) in [6.07, 6.45) is 1.56. The summed E-state index contributed by atoms with van der Waals surface area (Å²) in [7, 11) is 0. The van der Waals surface area contributed by atoms with Gasteiger partial charge in [0.15, 0.2) is 5.78 Å². The van der Waals surface area contributed by atoms with Crippen LogP contribution in [0.4, 0.5) is 0 Å². The van der Waals surface area contributed by atoms with Gasteiger partial charge >= 0.3 is 0 Å². The molecule has 1 aromatic heterocycles. The van der Waals surface area contributed by atoms with E-state index in [0.717, 1.165) is 4.88 Å². The van der Waals surface area contributed by atoms with Gasteiger partial charge in [0.2, 0.25) is 0 Å². The lowest BCUT2D eigenvalue weighted by Crippen LogP contribution is -1.93. The van der Waals surface area contributed by atoms with Gasteiger partial charge in [0.1, 0.15) is 0 Å². The molecule has 0 unspecified atom stereocenters. The third-order valence-corrected chi connectivity index (χ3v) is 3.52. The Balaban J connectivity index is 2.22. The van der Waals surface area contributed by atoms with Gasteiger partial charge in [-0.1, -0.05) is 36.4 Å². The Labute approximate surface area is 104 Å². The van der Waals surface area contributed by atoms with E-state index in [0.29, 0.717) is 10.5 Å². The first kappa shape index (κ1) is 11.2. The number of carbonyl (C=O) groups excluding carboxylic acids is 1. The lowest BCUT2D eigenvalue weighted by atomic mass is 10.1. The van der Waals surface area contributed by atoms with Crippen molar-refractivity contribution in [3.63, 3.8) is 0 Å². The number of allylic oxidation sites excluding steroid dienone is 1. The van der Waals surface area contributed by atoms with Crippen molar-refractivity contribution in [3.05, 3.63) is 64.4 Å². The number of benzene rings is 1. The molecule has 0 radical (unpaired) electrons. The van der Waals surface area contributed by atoms with Crippen molar-refractivity contribution in [1.82, 2.24) is 0 Å². The average Bonchev–Trinajstić information content (AvgIpc) is 2.83. The first-order valence-corrected chi connectivity index (χ1v) is 6.14. The molecule has 0 aliphatic heterocycles. The summed E-state index contributed by atoms with van der Waals surface area (Å²) in [6, 6.07) is 13.1. The molecule has 0 aliphatic rings. The van der Waals surface area contributed by atoms with Crippen molar-refractivity contribution in [2.75, 3.05) is 0 Å². The van der Waals surface area contributed by atoms with Crippen LogP contribution in [0.15, 0.2) is 53.9 Å². The minimum absolute atomic E-state index is 0.0148. The van der Waals surface area contributed by atoms with E-state index in [4.69, 9.17) is 0 Å². The molecule has 80 valence electrons. The van der Waals surface area contributed by atoms with Gasteiger partial charge in [0, 0.05) is 21.4 Å². The number of ketones is 1. The van der Waals surface area contributed by atoms with Gasteiger partial charge in [-0.3, -0.25) is 4.79 Å². The highest BCUT2D eigenvalue weighted by Crippen LogP contribution is 2.23. The van der Waals surface area contributed by atoms with Crippen LogP contribution in [-0.2, 0) is 0 Å². The highest BCUT2D eigenvalue weighted by atomic mass is 32.1. The number of hydrogen-bond donors (Lipinski definition) is 1. The molecule has 0 fully saturated rings. The zero-order valence-electron chi connectivity index (χ0n) is 8.46. The van der Waals surface area contributed by atoms with Crippen molar-refractivity contribution in [2.45, 2.75) is 0 Å². The largest absolute Gasteiger partial charge is 0.289 e. The molecule has 16 heavy (non-hydrogen) atoms. The maximum absolute atomic E-state index is 11.8. The number of carbonyl (C=O) groups is 1. The van der Waals surface area contributed by atoms with Gasteiger partial charge in [-0.2, -0.15) is 0 Å². The predicted octanol–water partition coefficient (Wildman–Crippen LogP) is 3.90. The zero-order valence-corrected chi connectivity index (χ0v) is 10.2. The smallest absolute Gasteiger partial charge is 0.186 e. The van der Waals surface area contributed by atoms with Gasteiger partial charge in [-0.15, -0.1) is 24.0 Å². The van der Waals surface area contributed by atoms with Gasteiger partial charge in [-0.05, 0) is 11.4 Å². The fourth-order valence-corrected chi connectivity index (χ4v) is 2.30. The van der Waals surface area contributed by atoms with Crippen molar-refractivity contribution in [2.24, 2.45) is 0 Å². The molecular formula is C13H10OS2. The van der Waals surface area contributed by atoms with Crippen LogP contribution in [-0.4, -0.2) is 5.78 Å². The van der Waals surface area contributed by atoms with Crippen LogP contribution < -0.4 is 0 Å². The lowest BCUT2D eigenvalue weighted by molar-refractivity contribution is 0.104. The average molecular weight is 246 g/mol. The summed E-state index contributed by atoms with van der Waals surface area (Å²) in [4.78, 5) is 13.5. The van der Waals surface area contributed by atoms with Crippen LogP contribution >= 0.6 is 24.0 Å². The topological polar surface area (TPSA) is 17.1 Å². The zero-order chi connectivity index (χ0) is 11.4. The highest BCUT2D eigenvalue weighted by Gasteiger charge is 2.04. The van der Waals surface area contributed by atoms with E-state index >= 15 is 0 Å². The SMILES string of the molecule is O=C(/C=C(\S)c1cccs1)c1ccccc1. The molecule has 0 aliphatic carbocycles. The Morgan fingerprint density at radius 2 is 1.88 bits per heavy atom. The van der Waals surface area contributed by atoms with Crippen LogP contribution in [0.3, 0.4) is 0 Å². The Morgan fingerprint density at radius 3 is 2.50 bits per heavy atom. The van der Waals surface area contributed by atoms with Crippen LogP contribution in [0, 0.1) is 0 Å². The Morgan fingerprint density at radius 1 is 1.12 bits per heavy atom. The molecule has 0 amide bonds. The fraction of sp³-hybridized carbons (Fsp3) is 0. The van der Waals surface area contributed by atoms with Gasteiger partial charge < -0.3 is 0 Å².